The van der Waals surface area contributed by atoms with E-state index in [1.165, 1.54) is 12.8 Å². The smallest absolute Gasteiger partial charge is 0.224 e. The molecule has 0 aliphatic carbocycles. The monoisotopic (exact) mass is 251 g/mol. The lowest BCUT2D eigenvalue weighted by Gasteiger charge is -2.24. The van der Waals surface area contributed by atoms with Crippen LogP contribution in [0.2, 0.25) is 0 Å². The zero-order valence-corrected chi connectivity index (χ0v) is 11.9. The summed E-state index contributed by atoms with van der Waals surface area (Å²) < 4.78 is 0. The van der Waals surface area contributed by atoms with Crippen LogP contribution in [0.4, 0.5) is 11.8 Å². The lowest BCUT2D eigenvalue weighted by molar-refractivity contribution is 0.288. The van der Waals surface area contributed by atoms with E-state index in [1.807, 2.05) is 6.07 Å². The van der Waals surface area contributed by atoms with Crippen LogP contribution in [0.15, 0.2) is 12.3 Å². The zero-order chi connectivity index (χ0) is 13.4. The Hall–Kier alpha value is -1.36. The molecule has 0 bridgehead atoms. The van der Waals surface area contributed by atoms with Gasteiger partial charge in [0.15, 0.2) is 0 Å². The summed E-state index contributed by atoms with van der Waals surface area (Å²) in [5, 5.41) is 6.49. The summed E-state index contributed by atoms with van der Waals surface area (Å²) in [6.07, 6.45) is 4.13. The summed E-state index contributed by atoms with van der Waals surface area (Å²) in [4.78, 5) is 10.9. The van der Waals surface area contributed by atoms with Gasteiger partial charge >= 0.3 is 0 Å². The molecule has 1 aromatic heterocycles. The van der Waals surface area contributed by atoms with E-state index in [0.717, 1.165) is 18.9 Å². The van der Waals surface area contributed by atoms with Gasteiger partial charge in [-0.1, -0.05) is 13.3 Å². The molecule has 0 spiro atoms. The van der Waals surface area contributed by atoms with E-state index in [1.54, 1.807) is 6.20 Å². The molecule has 0 aliphatic heterocycles. The summed E-state index contributed by atoms with van der Waals surface area (Å²) in [7, 11) is 4.22. The lowest BCUT2D eigenvalue weighted by Crippen LogP contribution is -2.34. The first-order valence-corrected chi connectivity index (χ1v) is 6.64. The summed E-state index contributed by atoms with van der Waals surface area (Å²) in [5.41, 5.74) is 0. The second-order valence-electron chi connectivity index (χ2n) is 4.58. The maximum atomic E-state index is 4.40. The highest BCUT2D eigenvalue weighted by Crippen LogP contribution is 2.07. The zero-order valence-electron chi connectivity index (χ0n) is 11.9. The van der Waals surface area contributed by atoms with Gasteiger partial charge in [0, 0.05) is 25.3 Å². The number of nitrogens with zero attached hydrogens (tertiary/aromatic N) is 3. The predicted molar refractivity (Wildman–Crippen MR) is 77.1 cm³/mol. The Kier molecular flexibility index (Phi) is 6.43. The average molecular weight is 251 g/mol. The topological polar surface area (TPSA) is 53.1 Å². The van der Waals surface area contributed by atoms with Gasteiger partial charge in [0.05, 0.1) is 0 Å². The predicted octanol–water partition coefficient (Wildman–Crippen LogP) is 2.05. The van der Waals surface area contributed by atoms with Gasteiger partial charge in [-0.05, 0) is 33.5 Å². The van der Waals surface area contributed by atoms with E-state index in [4.69, 9.17) is 0 Å². The van der Waals surface area contributed by atoms with E-state index in [-0.39, 0.29) is 0 Å². The molecule has 0 aliphatic rings. The third-order valence-electron chi connectivity index (χ3n) is 2.86. The van der Waals surface area contributed by atoms with Crippen molar-refractivity contribution in [2.45, 2.75) is 32.7 Å². The van der Waals surface area contributed by atoms with Gasteiger partial charge in [0.25, 0.3) is 0 Å². The quantitative estimate of drug-likeness (QED) is 0.740. The van der Waals surface area contributed by atoms with Crippen molar-refractivity contribution in [2.24, 2.45) is 0 Å². The van der Waals surface area contributed by atoms with Crippen molar-refractivity contribution in [3.05, 3.63) is 12.3 Å². The molecule has 2 N–H and O–H groups in total. The normalized spacial score (nSPS) is 12.5. The first-order chi connectivity index (χ1) is 8.67. The van der Waals surface area contributed by atoms with Gasteiger partial charge in [0.1, 0.15) is 5.82 Å². The van der Waals surface area contributed by atoms with Crippen LogP contribution in [0.5, 0.6) is 0 Å². The van der Waals surface area contributed by atoms with E-state index in [2.05, 4.69) is 53.4 Å². The van der Waals surface area contributed by atoms with Crippen LogP contribution in [0.1, 0.15) is 26.7 Å². The molecule has 0 fully saturated rings. The third kappa shape index (κ3) is 4.87. The van der Waals surface area contributed by atoms with E-state index >= 15 is 0 Å². The number of rotatable bonds is 8. The van der Waals surface area contributed by atoms with Crippen LogP contribution in [0, 0.1) is 0 Å². The van der Waals surface area contributed by atoms with Crippen LogP contribution >= 0.6 is 0 Å². The summed E-state index contributed by atoms with van der Waals surface area (Å²) in [5.74, 6) is 1.56. The molecule has 0 amide bonds. The minimum Gasteiger partial charge on any atom is -0.370 e. The Morgan fingerprint density at radius 1 is 1.28 bits per heavy atom. The molecular formula is C13H25N5. The minimum absolute atomic E-state index is 0.515. The Morgan fingerprint density at radius 3 is 2.67 bits per heavy atom. The van der Waals surface area contributed by atoms with Gasteiger partial charge in [-0.25, -0.2) is 4.98 Å². The molecule has 0 saturated heterocycles. The summed E-state index contributed by atoms with van der Waals surface area (Å²) >= 11 is 0. The van der Waals surface area contributed by atoms with Gasteiger partial charge in [-0.2, -0.15) is 4.98 Å². The van der Waals surface area contributed by atoms with Crippen molar-refractivity contribution < 1.29 is 0 Å². The SMILES string of the molecule is CCC[C@H](CNc1nccc(NCC)n1)N(C)C. The Labute approximate surface area is 110 Å². The largest absolute Gasteiger partial charge is 0.370 e. The number of nitrogens with one attached hydrogen (secondary N) is 2. The lowest BCUT2D eigenvalue weighted by atomic mass is 10.1. The molecular weight excluding hydrogens is 226 g/mol. The van der Waals surface area contributed by atoms with Crippen molar-refractivity contribution in [2.75, 3.05) is 37.8 Å². The Morgan fingerprint density at radius 2 is 2.06 bits per heavy atom. The van der Waals surface area contributed by atoms with Crippen LogP contribution in [-0.2, 0) is 0 Å². The molecule has 102 valence electrons. The van der Waals surface area contributed by atoms with Crippen molar-refractivity contribution in [1.82, 2.24) is 14.9 Å². The molecule has 0 unspecified atom stereocenters. The molecule has 1 rings (SSSR count). The van der Waals surface area contributed by atoms with E-state index < -0.39 is 0 Å². The summed E-state index contributed by atoms with van der Waals surface area (Å²) in [6, 6.07) is 2.39. The standard InChI is InChI=1S/C13H25N5/c1-5-7-11(18(3)4)10-16-13-15-9-8-12(17-13)14-6-2/h8-9,11H,5-7,10H2,1-4H3,(H2,14,15,16,17)/t11-/m1/s1. The number of anilines is 2. The van der Waals surface area contributed by atoms with E-state index in [9.17, 15) is 0 Å². The van der Waals surface area contributed by atoms with Gasteiger partial charge in [0.2, 0.25) is 5.95 Å². The van der Waals surface area contributed by atoms with Crippen LogP contribution in [0.3, 0.4) is 0 Å². The number of hydrogen-bond donors (Lipinski definition) is 2. The van der Waals surface area contributed by atoms with Crippen molar-refractivity contribution in [3.63, 3.8) is 0 Å². The first-order valence-electron chi connectivity index (χ1n) is 6.64. The molecule has 5 heteroatoms. The molecule has 0 saturated carbocycles. The third-order valence-corrected chi connectivity index (χ3v) is 2.86. The highest BCUT2D eigenvalue weighted by molar-refractivity contribution is 5.39. The van der Waals surface area contributed by atoms with Crippen LogP contribution < -0.4 is 10.6 Å². The maximum absolute atomic E-state index is 4.40. The molecule has 18 heavy (non-hydrogen) atoms. The first kappa shape index (κ1) is 14.7. The highest BCUT2D eigenvalue weighted by atomic mass is 15.2. The molecule has 1 aromatic rings. The maximum Gasteiger partial charge on any atom is 0.224 e. The van der Waals surface area contributed by atoms with Gasteiger partial charge < -0.3 is 15.5 Å². The van der Waals surface area contributed by atoms with Crippen molar-refractivity contribution >= 4 is 11.8 Å². The number of aromatic nitrogens is 2. The average Bonchev–Trinajstić information content (AvgIpc) is 2.35. The number of likely N-dealkylation sites (N-methyl/N-ethyl adjacent to an activating group) is 1. The molecule has 1 atom stereocenters. The minimum atomic E-state index is 0.515. The second-order valence-corrected chi connectivity index (χ2v) is 4.58. The fourth-order valence-electron chi connectivity index (χ4n) is 1.81. The fraction of sp³-hybridized carbons (Fsp3) is 0.692. The molecule has 0 aromatic carbocycles. The van der Waals surface area contributed by atoms with Crippen LogP contribution in [-0.4, -0.2) is 48.1 Å². The highest BCUT2D eigenvalue weighted by Gasteiger charge is 2.10. The van der Waals surface area contributed by atoms with Crippen molar-refractivity contribution in [3.8, 4) is 0 Å². The molecule has 5 nitrogen and oxygen atoms in total. The fourth-order valence-corrected chi connectivity index (χ4v) is 1.81. The Bertz CT molecular complexity index is 340. The van der Waals surface area contributed by atoms with Crippen LogP contribution in [0.25, 0.3) is 0 Å². The van der Waals surface area contributed by atoms with E-state index in [0.29, 0.717) is 12.0 Å². The van der Waals surface area contributed by atoms with Gasteiger partial charge in [-0.15, -0.1) is 0 Å². The Balaban J connectivity index is 2.53. The summed E-state index contributed by atoms with van der Waals surface area (Å²) in [6.45, 7) is 6.00. The van der Waals surface area contributed by atoms with Gasteiger partial charge in [-0.3, -0.25) is 0 Å². The van der Waals surface area contributed by atoms with Crippen molar-refractivity contribution in [1.29, 1.82) is 0 Å². The number of hydrogen-bond acceptors (Lipinski definition) is 5. The molecule has 0 radical (unpaired) electrons. The molecule has 1 heterocycles. The second kappa shape index (κ2) is 7.87.